The number of nitrogens with two attached hydrogens (primary N) is 1. The molecule has 3 N–H and O–H groups in total. The molecule has 1 amide bonds. The maximum Gasteiger partial charge on any atom is 0.243 e. The molecule has 0 aliphatic heterocycles. The topological polar surface area (TPSA) is 73.6 Å². The Morgan fingerprint density at radius 3 is 2.61 bits per heavy atom. The van der Waals surface area contributed by atoms with Crippen LogP contribution in [0.4, 0.5) is 0 Å². The molecule has 0 bridgehead atoms. The Labute approximate surface area is 107 Å². The molecule has 1 rings (SSSR count). The fourth-order valence-corrected chi connectivity index (χ4v) is 1.53. The molecule has 0 aliphatic carbocycles. The summed E-state index contributed by atoms with van der Waals surface area (Å²) in [5, 5.41) is 3.29. The standard InChI is InChI=1S/C13H20N2O3/c1-10(15-7-8-18-9-13(14)16)11-3-5-12(17-2)6-4-11/h3-6,10,15H,7-9H2,1-2H3,(H2,14,16). The van der Waals surface area contributed by atoms with Crippen molar-refractivity contribution in [3.05, 3.63) is 29.8 Å². The number of carbonyl (C=O) groups is 1. The fraction of sp³-hybridized carbons (Fsp3) is 0.462. The summed E-state index contributed by atoms with van der Waals surface area (Å²) in [7, 11) is 1.65. The average molecular weight is 252 g/mol. The van der Waals surface area contributed by atoms with E-state index in [4.69, 9.17) is 15.2 Å². The zero-order valence-corrected chi connectivity index (χ0v) is 10.8. The van der Waals surface area contributed by atoms with Crippen LogP contribution in [-0.4, -0.2) is 32.8 Å². The van der Waals surface area contributed by atoms with Gasteiger partial charge in [-0.05, 0) is 24.6 Å². The third-order valence-electron chi connectivity index (χ3n) is 2.56. The summed E-state index contributed by atoms with van der Waals surface area (Å²) in [6.45, 7) is 3.17. The normalized spacial score (nSPS) is 12.1. The Bertz CT molecular complexity index is 365. The number of ether oxygens (including phenoxy) is 2. The van der Waals surface area contributed by atoms with Gasteiger partial charge in [0.2, 0.25) is 5.91 Å². The number of hydrogen-bond donors (Lipinski definition) is 2. The van der Waals surface area contributed by atoms with Gasteiger partial charge in [-0.15, -0.1) is 0 Å². The number of primary amides is 1. The molecule has 1 atom stereocenters. The van der Waals surface area contributed by atoms with Gasteiger partial charge in [0, 0.05) is 12.6 Å². The summed E-state index contributed by atoms with van der Waals surface area (Å²) in [5.74, 6) is 0.397. The van der Waals surface area contributed by atoms with Gasteiger partial charge in [-0.25, -0.2) is 0 Å². The molecule has 18 heavy (non-hydrogen) atoms. The number of hydrogen-bond acceptors (Lipinski definition) is 4. The van der Waals surface area contributed by atoms with Crippen LogP contribution in [0.3, 0.4) is 0 Å². The molecule has 0 aliphatic rings. The van der Waals surface area contributed by atoms with E-state index in [9.17, 15) is 4.79 Å². The quantitative estimate of drug-likeness (QED) is 0.673. The monoisotopic (exact) mass is 252 g/mol. The van der Waals surface area contributed by atoms with Crippen molar-refractivity contribution < 1.29 is 14.3 Å². The Hall–Kier alpha value is -1.59. The summed E-state index contributed by atoms with van der Waals surface area (Å²) < 4.78 is 10.2. The molecule has 0 heterocycles. The summed E-state index contributed by atoms with van der Waals surface area (Å²) in [4.78, 5) is 10.4. The molecule has 0 saturated heterocycles. The molecule has 100 valence electrons. The molecular formula is C13H20N2O3. The fourth-order valence-electron chi connectivity index (χ4n) is 1.53. The third-order valence-corrected chi connectivity index (χ3v) is 2.56. The van der Waals surface area contributed by atoms with Crippen LogP contribution < -0.4 is 15.8 Å². The predicted molar refractivity (Wildman–Crippen MR) is 69.4 cm³/mol. The van der Waals surface area contributed by atoms with Crippen molar-refractivity contribution in [2.45, 2.75) is 13.0 Å². The van der Waals surface area contributed by atoms with Gasteiger partial charge in [0.15, 0.2) is 0 Å². The van der Waals surface area contributed by atoms with Gasteiger partial charge in [0.1, 0.15) is 12.4 Å². The zero-order valence-electron chi connectivity index (χ0n) is 10.8. The maximum absolute atomic E-state index is 10.4. The van der Waals surface area contributed by atoms with Gasteiger partial charge in [0.25, 0.3) is 0 Å². The first-order chi connectivity index (χ1) is 8.63. The van der Waals surface area contributed by atoms with E-state index in [1.165, 1.54) is 5.56 Å². The van der Waals surface area contributed by atoms with Gasteiger partial charge in [-0.3, -0.25) is 4.79 Å². The minimum absolute atomic E-state index is 0.0292. The molecule has 5 nitrogen and oxygen atoms in total. The van der Waals surface area contributed by atoms with Crippen molar-refractivity contribution in [1.29, 1.82) is 0 Å². The van der Waals surface area contributed by atoms with Crippen LogP contribution in [-0.2, 0) is 9.53 Å². The Balaban J connectivity index is 2.27. The minimum atomic E-state index is -0.446. The lowest BCUT2D eigenvalue weighted by atomic mass is 10.1. The zero-order chi connectivity index (χ0) is 13.4. The maximum atomic E-state index is 10.4. The van der Waals surface area contributed by atoms with Gasteiger partial charge in [0.05, 0.1) is 13.7 Å². The number of methoxy groups -OCH3 is 1. The number of carbonyl (C=O) groups excluding carboxylic acids is 1. The van der Waals surface area contributed by atoms with Crippen LogP contribution in [0.25, 0.3) is 0 Å². The Kier molecular flexibility index (Phi) is 6.18. The van der Waals surface area contributed by atoms with Gasteiger partial charge >= 0.3 is 0 Å². The Morgan fingerprint density at radius 2 is 2.06 bits per heavy atom. The van der Waals surface area contributed by atoms with Gasteiger partial charge in [-0.2, -0.15) is 0 Å². The average Bonchev–Trinajstić information content (AvgIpc) is 2.38. The van der Waals surface area contributed by atoms with Crippen LogP contribution in [0.1, 0.15) is 18.5 Å². The predicted octanol–water partition coefficient (Wildman–Crippen LogP) is 0.848. The number of amides is 1. The molecule has 0 saturated carbocycles. The lowest BCUT2D eigenvalue weighted by molar-refractivity contribution is -0.122. The second-order valence-corrected chi connectivity index (χ2v) is 3.97. The van der Waals surface area contributed by atoms with Crippen LogP contribution in [0.5, 0.6) is 5.75 Å². The van der Waals surface area contributed by atoms with Crippen molar-refractivity contribution in [3.8, 4) is 5.75 Å². The Morgan fingerprint density at radius 1 is 1.39 bits per heavy atom. The molecule has 1 aromatic rings. The van der Waals surface area contributed by atoms with Crippen molar-refractivity contribution in [3.63, 3.8) is 0 Å². The second-order valence-electron chi connectivity index (χ2n) is 3.97. The minimum Gasteiger partial charge on any atom is -0.497 e. The molecule has 0 aromatic heterocycles. The van der Waals surface area contributed by atoms with E-state index in [2.05, 4.69) is 12.2 Å². The van der Waals surface area contributed by atoms with Gasteiger partial charge in [-0.1, -0.05) is 12.1 Å². The largest absolute Gasteiger partial charge is 0.497 e. The first kappa shape index (κ1) is 14.5. The smallest absolute Gasteiger partial charge is 0.243 e. The first-order valence-electron chi connectivity index (χ1n) is 5.87. The van der Waals surface area contributed by atoms with Crippen molar-refractivity contribution in [1.82, 2.24) is 5.32 Å². The van der Waals surface area contributed by atoms with Crippen molar-refractivity contribution in [2.24, 2.45) is 5.73 Å². The van der Waals surface area contributed by atoms with E-state index in [-0.39, 0.29) is 12.6 Å². The number of benzene rings is 1. The van der Waals surface area contributed by atoms with Gasteiger partial charge < -0.3 is 20.5 Å². The molecule has 0 fully saturated rings. The summed E-state index contributed by atoms with van der Waals surface area (Å²) in [6.07, 6.45) is 0. The number of nitrogens with one attached hydrogen (secondary N) is 1. The number of rotatable bonds is 8. The third kappa shape index (κ3) is 5.16. The molecule has 1 aromatic carbocycles. The SMILES string of the molecule is COc1ccc(C(C)NCCOCC(N)=O)cc1. The molecule has 0 spiro atoms. The van der Waals surface area contributed by atoms with E-state index in [1.54, 1.807) is 7.11 Å². The summed E-state index contributed by atoms with van der Waals surface area (Å²) >= 11 is 0. The molecule has 5 heteroatoms. The van der Waals surface area contributed by atoms with E-state index in [0.29, 0.717) is 13.2 Å². The van der Waals surface area contributed by atoms with E-state index in [0.717, 1.165) is 5.75 Å². The second kappa shape index (κ2) is 7.68. The molecule has 0 radical (unpaired) electrons. The van der Waals surface area contributed by atoms with Crippen LogP contribution in [0.2, 0.25) is 0 Å². The van der Waals surface area contributed by atoms with Crippen LogP contribution in [0, 0.1) is 0 Å². The highest BCUT2D eigenvalue weighted by Crippen LogP contribution is 2.16. The van der Waals surface area contributed by atoms with E-state index >= 15 is 0 Å². The summed E-state index contributed by atoms with van der Waals surface area (Å²) in [6, 6.07) is 8.10. The van der Waals surface area contributed by atoms with E-state index < -0.39 is 5.91 Å². The van der Waals surface area contributed by atoms with Crippen LogP contribution in [0.15, 0.2) is 24.3 Å². The lowest BCUT2D eigenvalue weighted by Gasteiger charge is -2.14. The highest BCUT2D eigenvalue weighted by molar-refractivity contribution is 5.74. The van der Waals surface area contributed by atoms with E-state index in [1.807, 2.05) is 24.3 Å². The summed E-state index contributed by atoms with van der Waals surface area (Å²) in [5.41, 5.74) is 6.13. The highest BCUT2D eigenvalue weighted by atomic mass is 16.5. The lowest BCUT2D eigenvalue weighted by Crippen LogP contribution is -2.25. The molecule has 1 unspecified atom stereocenters. The first-order valence-corrected chi connectivity index (χ1v) is 5.87. The van der Waals surface area contributed by atoms with Crippen molar-refractivity contribution in [2.75, 3.05) is 26.9 Å². The highest BCUT2D eigenvalue weighted by Gasteiger charge is 2.04. The van der Waals surface area contributed by atoms with Crippen molar-refractivity contribution >= 4 is 5.91 Å². The molecular weight excluding hydrogens is 232 g/mol. The van der Waals surface area contributed by atoms with Crippen LogP contribution >= 0.6 is 0 Å².